The lowest BCUT2D eigenvalue weighted by Crippen LogP contribution is -2.38. The van der Waals surface area contributed by atoms with Crippen LogP contribution in [0.15, 0.2) is 0 Å². The molecule has 0 N–H and O–H groups in total. The quantitative estimate of drug-likeness (QED) is 0.622. The minimum atomic E-state index is -0.0885. The van der Waals surface area contributed by atoms with Crippen LogP contribution in [0.25, 0.3) is 0 Å². The van der Waals surface area contributed by atoms with Gasteiger partial charge < -0.3 is 9.64 Å². The minimum absolute atomic E-state index is 0.0885. The van der Waals surface area contributed by atoms with Crippen LogP contribution in [0.2, 0.25) is 0 Å². The van der Waals surface area contributed by atoms with Gasteiger partial charge in [0.15, 0.2) is 0 Å². The maximum Gasteiger partial charge on any atom is 0.410 e. The molecule has 2 aliphatic rings. The zero-order chi connectivity index (χ0) is 9.26. The molecule has 0 atom stereocenters. The number of carbonyl (C=O) groups is 1. The van der Waals surface area contributed by atoms with Crippen molar-refractivity contribution in [1.82, 2.24) is 4.90 Å². The molecule has 2 fully saturated rings. The van der Waals surface area contributed by atoms with Crippen LogP contribution in [0, 0.1) is 5.92 Å². The Morgan fingerprint density at radius 2 is 1.85 bits per heavy atom. The van der Waals surface area contributed by atoms with Gasteiger partial charge in [-0.3, -0.25) is 0 Å². The first-order valence-corrected chi connectivity index (χ1v) is 5.21. The summed E-state index contributed by atoms with van der Waals surface area (Å²) < 4.78 is 5.22. The number of carbonyl (C=O) groups excluding carboxylic acids is 1. The van der Waals surface area contributed by atoms with Crippen molar-refractivity contribution in [3.05, 3.63) is 0 Å². The lowest BCUT2D eigenvalue weighted by molar-refractivity contribution is 0.0835. The lowest BCUT2D eigenvalue weighted by atomic mass is 10.00. The predicted octanol–water partition coefficient (Wildman–Crippen LogP) is 2.02. The summed E-state index contributed by atoms with van der Waals surface area (Å²) in [6.07, 6.45) is 4.53. The Morgan fingerprint density at radius 1 is 1.23 bits per heavy atom. The molecule has 1 aliphatic heterocycles. The van der Waals surface area contributed by atoms with E-state index in [2.05, 4.69) is 6.92 Å². The van der Waals surface area contributed by atoms with Crippen LogP contribution < -0.4 is 0 Å². The molecule has 0 spiro atoms. The topological polar surface area (TPSA) is 29.5 Å². The fraction of sp³-hybridized carbons (Fsp3) is 0.900. The van der Waals surface area contributed by atoms with Crippen LogP contribution in [0.5, 0.6) is 0 Å². The highest BCUT2D eigenvalue weighted by molar-refractivity contribution is 5.68. The van der Waals surface area contributed by atoms with Gasteiger partial charge in [-0.2, -0.15) is 0 Å². The van der Waals surface area contributed by atoms with Crippen molar-refractivity contribution in [2.45, 2.75) is 38.7 Å². The Hall–Kier alpha value is -0.730. The molecule has 1 saturated carbocycles. The highest BCUT2D eigenvalue weighted by Gasteiger charge is 2.29. The Morgan fingerprint density at radius 3 is 2.38 bits per heavy atom. The number of ether oxygens (including phenoxy) is 1. The van der Waals surface area contributed by atoms with Crippen LogP contribution in [0.1, 0.15) is 32.6 Å². The smallest absolute Gasteiger partial charge is 0.410 e. The molecular formula is C10H17NO2. The fourth-order valence-electron chi connectivity index (χ4n) is 1.59. The summed E-state index contributed by atoms with van der Waals surface area (Å²) in [6, 6.07) is 0. The molecule has 0 aromatic carbocycles. The number of hydrogen-bond acceptors (Lipinski definition) is 2. The molecule has 2 rings (SSSR count). The maximum atomic E-state index is 11.5. The standard InChI is InChI=1S/C10H17NO2/c1-8-4-6-11(7-5-8)10(12)13-9-2-3-9/h8-9H,2-7H2,1H3. The van der Waals surface area contributed by atoms with E-state index < -0.39 is 0 Å². The zero-order valence-corrected chi connectivity index (χ0v) is 8.16. The van der Waals surface area contributed by atoms with Crippen molar-refractivity contribution < 1.29 is 9.53 Å². The van der Waals surface area contributed by atoms with Crippen molar-refractivity contribution in [3.63, 3.8) is 0 Å². The van der Waals surface area contributed by atoms with Crippen molar-refractivity contribution in [2.24, 2.45) is 5.92 Å². The third-order valence-electron chi connectivity index (χ3n) is 2.83. The molecule has 3 heteroatoms. The number of hydrogen-bond donors (Lipinski definition) is 0. The number of rotatable bonds is 1. The first kappa shape index (κ1) is 8.85. The van der Waals surface area contributed by atoms with Gasteiger partial charge in [-0.25, -0.2) is 4.79 Å². The second-order valence-corrected chi connectivity index (χ2v) is 4.25. The Kier molecular flexibility index (Phi) is 2.42. The van der Waals surface area contributed by atoms with Gasteiger partial charge >= 0.3 is 6.09 Å². The Bertz CT molecular complexity index is 193. The van der Waals surface area contributed by atoms with Gasteiger partial charge in [0, 0.05) is 13.1 Å². The third-order valence-corrected chi connectivity index (χ3v) is 2.83. The van der Waals surface area contributed by atoms with E-state index in [1.165, 1.54) is 0 Å². The molecule has 1 heterocycles. The summed E-state index contributed by atoms with van der Waals surface area (Å²) in [7, 11) is 0. The molecule has 1 amide bonds. The highest BCUT2D eigenvalue weighted by Crippen LogP contribution is 2.25. The number of piperidine rings is 1. The second kappa shape index (κ2) is 3.56. The van der Waals surface area contributed by atoms with E-state index in [1.807, 2.05) is 4.90 Å². The molecule has 0 radical (unpaired) electrons. The van der Waals surface area contributed by atoms with E-state index in [-0.39, 0.29) is 12.2 Å². The summed E-state index contributed by atoms with van der Waals surface area (Å²) in [5, 5.41) is 0. The average molecular weight is 183 g/mol. The second-order valence-electron chi connectivity index (χ2n) is 4.25. The van der Waals surface area contributed by atoms with Crippen molar-refractivity contribution in [1.29, 1.82) is 0 Å². The molecule has 1 saturated heterocycles. The van der Waals surface area contributed by atoms with E-state index in [1.54, 1.807) is 0 Å². The molecule has 0 aromatic rings. The molecule has 74 valence electrons. The van der Waals surface area contributed by atoms with E-state index >= 15 is 0 Å². The van der Waals surface area contributed by atoms with Gasteiger partial charge in [0.2, 0.25) is 0 Å². The minimum Gasteiger partial charge on any atom is -0.446 e. The largest absolute Gasteiger partial charge is 0.446 e. The molecule has 0 bridgehead atoms. The van der Waals surface area contributed by atoms with Gasteiger partial charge in [0.05, 0.1) is 0 Å². The highest BCUT2D eigenvalue weighted by atomic mass is 16.6. The summed E-state index contributed by atoms with van der Waals surface area (Å²) >= 11 is 0. The normalized spacial score (nSPS) is 24.5. The monoisotopic (exact) mass is 183 g/mol. The molecular weight excluding hydrogens is 166 g/mol. The van der Waals surface area contributed by atoms with E-state index in [4.69, 9.17) is 4.74 Å². The van der Waals surface area contributed by atoms with E-state index in [0.29, 0.717) is 0 Å². The van der Waals surface area contributed by atoms with Crippen LogP contribution in [-0.2, 0) is 4.74 Å². The number of amides is 1. The van der Waals surface area contributed by atoms with Gasteiger partial charge in [0.25, 0.3) is 0 Å². The lowest BCUT2D eigenvalue weighted by Gasteiger charge is -2.29. The number of nitrogens with zero attached hydrogens (tertiary/aromatic N) is 1. The first-order valence-electron chi connectivity index (χ1n) is 5.21. The van der Waals surface area contributed by atoms with Gasteiger partial charge in [-0.1, -0.05) is 6.92 Å². The molecule has 13 heavy (non-hydrogen) atoms. The summed E-state index contributed by atoms with van der Waals surface area (Å²) in [4.78, 5) is 13.3. The first-order chi connectivity index (χ1) is 6.25. The summed E-state index contributed by atoms with van der Waals surface area (Å²) in [6.45, 7) is 4.00. The van der Waals surface area contributed by atoms with Crippen LogP contribution in [-0.4, -0.2) is 30.2 Å². The van der Waals surface area contributed by atoms with Crippen molar-refractivity contribution in [2.75, 3.05) is 13.1 Å². The SMILES string of the molecule is CC1CCN(C(=O)OC2CC2)CC1. The Balaban J connectivity index is 1.75. The van der Waals surface area contributed by atoms with E-state index in [0.717, 1.165) is 44.7 Å². The molecule has 0 aromatic heterocycles. The van der Waals surface area contributed by atoms with Gasteiger partial charge in [-0.15, -0.1) is 0 Å². The summed E-state index contributed by atoms with van der Waals surface area (Å²) in [5.74, 6) is 0.768. The Labute approximate surface area is 79.0 Å². The van der Waals surface area contributed by atoms with Crippen LogP contribution in [0.3, 0.4) is 0 Å². The maximum absolute atomic E-state index is 11.5. The molecule has 3 nitrogen and oxygen atoms in total. The van der Waals surface area contributed by atoms with E-state index in [9.17, 15) is 4.79 Å². The van der Waals surface area contributed by atoms with Crippen LogP contribution >= 0.6 is 0 Å². The fourth-order valence-corrected chi connectivity index (χ4v) is 1.59. The molecule has 1 aliphatic carbocycles. The van der Waals surface area contributed by atoms with Crippen LogP contribution in [0.4, 0.5) is 4.79 Å². The zero-order valence-electron chi connectivity index (χ0n) is 8.16. The van der Waals surface area contributed by atoms with Crippen molar-refractivity contribution in [3.8, 4) is 0 Å². The number of likely N-dealkylation sites (tertiary alicyclic amines) is 1. The van der Waals surface area contributed by atoms with Crippen molar-refractivity contribution >= 4 is 6.09 Å². The van der Waals surface area contributed by atoms with Gasteiger partial charge in [-0.05, 0) is 31.6 Å². The molecule has 0 unspecified atom stereocenters. The van der Waals surface area contributed by atoms with Gasteiger partial charge in [0.1, 0.15) is 6.10 Å². The summed E-state index contributed by atoms with van der Waals surface area (Å²) in [5.41, 5.74) is 0. The predicted molar refractivity (Wildman–Crippen MR) is 49.5 cm³/mol. The average Bonchev–Trinajstić information content (AvgIpc) is 2.89. The third kappa shape index (κ3) is 2.36.